The van der Waals surface area contributed by atoms with Crippen LogP contribution in [0.1, 0.15) is 19.2 Å². The van der Waals surface area contributed by atoms with E-state index in [9.17, 15) is 0 Å². The fourth-order valence-corrected chi connectivity index (χ4v) is 1.93. The number of rotatable bonds is 9. The molecule has 0 aliphatic heterocycles. The number of aromatic nitrogens is 2. The quantitative estimate of drug-likeness (QED) is 0.697. The zero-order valence-electron chi connectivity index (χ0n) is 12.7. The zero-order valence-corrected chi connectivity index (χ0v) is 12.7. The average Bonchev–Trinajstić information content (AvgIpc) is 2.99. The molecule has 2 rings (SSSR count). The molecule has 0 bridgehead atoms. The molecule has 0 unspecified atom stereocenters. The van der Waals surface area contributed by atoms with Gasteiger partial charge in [-0.25, -0.2) is 4.98 Å². The maximum absolute atomic E-state index is 5.58. The number of nitrogens with zero attached hydrogens (tertiary/aromatic N) is 1. The fraction of sp³-hybridized carbons (Fsp3) is 0.438. The molecule has 0 saturated heterocycles. The molecule has 0 radical (unpaired) electrons. The molecule has 5 heteroatoms. The van der Waals surface area contributed by atoms with E-state index < -0.39 is 0 Å². The summed E-state index contributed by atoms with van der Waals surface area (Å²) in [6.07, 6.45) is 2.87. The molecule has 5 nitrogen and oxygen atoms in total. The van der Waals surface area contributed by atoms with Gasteiger partial charge in [-0.15, -0.1) is 0 Å². The summed E-state index contributed by atoms with van der Waals surface area (Å²) in [6.45, 7) is 5.08. The molecule has 0 amide bonds. The summed E-state index contributed by atoms with van der Waals surface area (Å²) in [7, 11) is 1.70. The van der Waals surface area contributed by atoms with Crippen molar-refractivity contribution in [3.8, 4) is 17.0 Å². The van der Waals surface area contributed by atoms with E-state index >= 15 is 0 Å². The van der Waals surface area contributed by atoms with Crippen molar-refractivity contribution in [3.63, 3.8) is 0 Å². The third kappa shape index (κ3) is 4.88. The van der Waals surface area contributed by atoms with Crippen LogP contribution in [-0.4, -0.2) is 36.8 Å². The minimum Gasteiger partial charge on any atom is -0.494 e. The third-order valence-electron chi connectivity index (χ3n) is 3.04. The van der Waals surface area contributed by atoms with Gasteiger partial charge in [-0.1, -0.05) is 6.92 Å². The Balaban J connectivity index is 1.91. The van der Waals surface area contributed by atoms with Crippen LogP contribution in [0, 0.1) is 0 Å². The first-order chi connectivity index (χ1) is 10.3. The molecular weight excluding hydrogens is 266 g/mol. The molecule has 0 atom stereocenters. The molecule has 1 heterocycles. The number of H-pyrrole nitrogens is 1. The number of imidazole rings is 1. The van der Waals surface area contributed by atoms with Gasteiger partial charge in [0.1, 0.15) is 11.6 Å². The first-order valence-corrected chi connectivity index (χ1v) is 7.30. The second kappa shape index (κ2) is 8.44. The largest absolute Gasteiger partial charge is 0.494 e. The summed E-state index contributed by atoms with van der Waals surface area (Å²) in [5.41, 5.74) is 2.12. The maximum atomic E-state index is 5.58. The molecular formula is C16H23N3O2. The SMILES string of the molecule is CCCOc1ccc(-c2cnc(CNCCOC)[nH]2)cc1. The highest BCUT2D eigenvalue weighted by molar-refractivity contribution is 5.59. The summed E-state index contributed by atoms with van der Waals surface area (Å²) in [6, 6.07) is 8.06. The number of aromatic amines is 1. The predicted octanol–water partition coefficient (Wildman–Crippen LogP) is 2.60. The number of hydrogen-bond acceptors (Lipinski definition) is 4. The Kier molecular flexibility index (Phi) is 6.24. The maximum Gasteiger partial charge on any atom is 0.120 e. The first kappa shape index (κ1) is 15.5. The van der Waals surface area contributed by atoms with Crippen LogP contribution >= 0.6 is 0 Å². The smallest absolute Gasteiger partial charge is 0.120 e. The summed E-state index contributed by atoms with van der Waals surface area (Å²) < 4.78 is 10.6. The topological polar surface area (TPSA) is 59.2 Å². The van der Waals surface area contributed by atoms with E-state index in [1.165, 1.54) is 0 Å². The van der Waals surface area contributed by atoms with Gasteiger partial charge in [0.15, 0.2) is 0 Å². The van der Waals surface area contributed by atoms with E-state index in [-0.39, 0.29) is 0 Å². The highest BCUT2D eigenvalue weighted by Crippen LogP contribution is 2.20. The second-order valence-electron chi connectivity index (χ2n) is 4.79. The van der Waals surface area contributed by atoms with Gasteiger partial charge in [-0.3, -0.25) is 0 Å². The van der Waals surface area contributed by atoms with Gasteiger partial charge < -0.3 is 19.8 Å². The molecule has 0 aliphatic carbocycles. The van der Waals surface area contributed by atoms with Crippen molar-refractivity contribution in [2.75, 3.05) is 26.9 Å². The van der Waals surface area contributed by atoms with Crippen LogP contribution < -0.4 is 10.1 Å². The van der Waals surface area contributed by atoms with Gasteiger partial charge in [-0.2, -0.15) is 0 Å². The lowest BCUT2D eigenvalue weighted by molar-refractivity contribution is 0.199. The highest BCUT2D eigenvalue weighted by atomic mass is 16.5. The van der Waals surface area contributed by atoms with E-state index in [4.69, 9.17) is 9.47 Å². The van der Waals surface area contributed by atoms with Gasteiger partial charge in [0.05, 0.1) is 31.6 Å². The van der Waals surface area contributed by atoms with Crippen LogP contribution in [0.15, 0.2) is 30.5 Å². The molecule has 114 valence electrons. The third-order valence-corrected chi connectivity index (χ3v) is 3.04. The lowest BCUT2D eigenvalue weighted by atomic mass is 10.2. The molecule has 2 N–H and O–H groups in total. The van der Waals surface area contributed by atoms with Crippen molar-refractivity contribution in [1.82, 2.24) is 15.3 Å². The summed E-state index contributed by atoms with van der Waals surface area (Å²) in [5.74, 6) is 1.83. The normalized spacial score (nSPS) is 10.8. The van der Waals surface area contributed by atoms with Gasteiger partial charge in [0.2, 0.25) is 0 Å². The van der Waals surface area contributed by atoms with E-state index in [0.29, 0.717) is 13.2 Å². The van der Waals surface area contributed by atoms with Crippen molar-refractivity contribution < 1.29 is 9.47 Å². The van der Waals surface area contributed by atoms with E-state index in [1.54, 1.807) is 7.11 Å². The second-order valence-corrected chi connectivity index (χ2v) is 4.79. The Morgan fingerprint density at radius 3 is 2.71 bits per heavy atom. The lowest BCUT2D eigenvalue weighted by Gasteiger charge is -2.05. The lowest BCUT2D eigenvalue weighted by Crippen LogP contribution is -2.19. The Morgan fingerprint density at radius 1 is 1.19 bits per heavy atom. The van der Waals surface area contributed by atoms with E-state index in [1.807, 2.05) is 30.5 Å². The molecule has 1 aromatic heterocycles. The van der Waals surface area contributed by atoms with Crippen molar-refractivity contribution in [1.29, 1.82) is 0 Å². The van der Waals surface area contributed by atoms with Gasteiger partial charge in [-0.05, 0) is 36.2 Å². The van der Waals surface area contributed by atoms with Crippen LogP contribution in [0.2, 0.25) is 0 Å². The number of hydrogen-bond donors (Lipinski definition) is 2. The highest BCUT2D eigenvalue weighted by Gasteiger charge is 2.03. The summed E-state index contributed by atoms with van der Waals surface area (Å²) in [5, 5.41) is 3.26. The van der Waals surface area contributed by atoms with Crippen LogP contribution in [0.25, 0.3) is 11.3 Å². The number of benzene rings is 1. The molecule has 1 aromatic carbocycles. The minimum absolute atomic E-state index is 0.701. The van der Waals surface area contributed by atoms with Crippen LogP contribution in [0.3, 0.4) is 0 Å². The fourth-order valence-electron chi connectivity index (χ4n) is 1.93. The molecule has 0 aliphatic rings. The van der Waals surface area contributed by atoms with Crippen LogP contribution in [0.4, 0.5) is 0 Å². The molecule has 0 fully saturated rings. The van der Waals surface area contributed by atoms with Crippen molar-refractivity contribution in [3.05, 3.63) is 36.3 Å². The average molecular weight is 289 g/mol. The van der Waals surface area contributed by atoms with Gasteiger partial charge in [0, 0.05) is 13.7 Å². The van der Waals surface area contributed by atoms with Gasteiger partial charge >= 0.3 is 0 Å². The predicted molar refractivity (Wildman–Crippen MR) is 83.4 cm³/mol. The van der Waals surface area contributed by atoms with Crippen LogP contribution in [-0.2, 0) is 11.3 Å². The molecule has 0 spiro atoms. The summed E-state index contributed by atoms with van der Waals surface area (Å²) in [4.78, 5) is 7.69. The van der Waals surface area contributed by atoms with Crippen molar-refractivity contribution in [2.45, 2.75) is 19.9 Å². The van der Waals surface area contributed by atoms with Gasteiger partial charge in [0.25, 0.3) is 0 Å². The molecule has 0 saturated carbocycles. The summed E-state index contributed by atoms with van der Waals surface area (Å²) >= 11 is 0. The minimum atomic E-state index is 0.701. The Hall–Kier alpha value is -1.85. The monoisotopic (exact) mass is 289 g/mol. The van der Waals surface area contributed by atoms with Crippen LogP contribution in [0.5, 0.6) is 5.75 Å². The Labute approximate surface area is 125 Å². The van der Waals surface area contributed by atoms with Crippen molar-refractivity contribution in [2.24, 2.45) is 0 Å². The first-order valence-electron chi connectivity index (χ1n) is 7.30. The Bertz CT molecular complexity index is 523. The number of nitrogens with one attached hydrogen (secondary N) is 2. The standard InChI is InChI=1S/C16H23N3O2/c1-3-9-21-14-6-4-13(5-7-14)15-11-18-16(19-15)12-17-8-10-20-2/h4-7,11,17H,3,8-10,12H2,1-2H3,(H,18,19). The zero-order chi connectivity index (χ0) is 14.9. The Morgan fingerprint density at radius 2 is 2.00 bits per heavy atom. The van der Waals surface area contributed by atoms with E-state index in [0.717, 1.165) is 42.4 Å². The molecule has 21 heavy (non-hydrogen) atoms. The molecule has 2 aromatic rings. The number of ether oxygens (including phenoxy) is 2. The van der Waals surface area contributed by atoms with Crippen molar-refractivity contribution >= 4 is 0 Å². The number of methoxy groups -OCH3 is 1. The van der Waals surface area contributed by atoms with E-state index in [2.05, 4.69) is 22.2 Å².